The van der Waals surface area contributed by atoms with Gasteiger partial charge >= 0.3 is 30.0 Å². The molecule has 1 aromatic carbocycles. The Morgan fingerprint density at radius 2 is 1.06 bits per heavy atom. The molecule has 0 aliphatic heterocycles. The zero-order valence-corrected chi connectivity index (χ0v) is 42.5. The Bertz CT molecular complexity index is 1770. The summed E-state index contributed by atoms with van der Waals surface area (Å²) in [7, 11) is 0. The van der Waals surface area contributed by atoms with Gasteiger partial charge in [-0.1, -0.05) is 70.9 Å². The Labute approximate surface area is 403 Å². The molecule has 1 rings (SSSR count). The quantitative estimate of drug-likeness (QED) is 0.0263. The summed E-state index contributed by atoms with van der Waals surface area (Å²) in [6.45, 7) is 19.1. The zero-order chi connectivity index (χ0) is 51.7. The number of hydrogen-bond acceptors (Lipinski definition) is 12. The minimum absolute atomic E-state index is 0.0743. The number of urea groups is 2. The van der Waals surface area contributed by atoms with Gasteiger partial charge in [-0.3, -0.25) is 19.2 Å². The number of esters is 3. The number of aliphatic hydroxyl groups excluding tert-OH is 1. The molecule has 0 saturated heterocycles. The van der Waals surface area contributed by atoms with Gasteiger partial charge in [0.25, 0.3) is 0 Å². The first kappa shape index (κ1) is 60.6. The largest absolute Gasteiger partial charge is 0.460 e. The van der Waals surface area contributed by atoms with Gasteiger partial charge in [0, 0.05) is 25.1 Å². The van der Waals surface area contributed by atoms with Crippen LogP contribution in [0.15, 0.2) is 24.3 Å². The minimum atomic E-state index is -1.18. The fourth-order valence-electron chi connectivity index (χ4n) is 6.70. The van der Waals surface area contributed by atoms with E-state index in [2.05, 4.69) is 31.9 Å². The molecule has 19 nitrogen and oxygen atoms in total. The summed E-state index contributed by atoms with van der Waals surface area (Å²) >= 11 is 0. The number of nitrogens with one attached hydrogen (secondary N) is 6. The van der Waals surface area contributed by atoms with E-state index in [1.54, 1.807) is 100 Å². The Balaban J connectivity index is 2.67. The van der Waals surface area contributed by atoms with E-state index in [0.29, 0.717) is 36.9 Å². The highest BCUT2D eigenvalue weighted by Crippen LogP contribution is 2.18. The summed E-state index contributed by atoms with van der Waals surface area (Å²) < 4.78 is 16.4. The van der Waals surface area contributed by atoms with Crippen LogP contribution in [0.4, 0.5) is 15.3 Å². The predicted octanol–water partition coefficient (Wildman–Crippen LogP) is 5.93. The van der Waals surface area contributed by atoms with Crippen molar-refractivity contribution < 1.29 is 57.7 Å². The molecule has 0 spiro atoms. The van der Waals surface area contributed by atoms with Crippen LogP contribution in [-0.2, 0) is 49.6 Å². The molecule has 0 bridgehead atoms. The van der Waals surface area contributed by atoms with Gasteiger partial charge < -0.3 is 57.0 Å². The molecule has 4 atom stereocenters. The van der Waals surface area contributed by atoms with E-state index in [4.69, 9.17) is 19.9 Å². The number of hydrogen-bond donors (Lipinski definition) is 8. The lowest BCUT2D eigenvalue weighted by Crippen LogP contribution is -2.54. The Kier molecular flexibility index (Phi) is 26.8. The van der Waals surface area contributed by atoms with Gasteiger partial charge in [-0.15, -0.1) is 0 Å². The Morgan fingerprint density at radius 1 is 0.574 bits per heavy atom. The van der Waals surface area contributed by atoms with Crippen molar-refractivity contribution in [3.05, 3.63) is 29.8 Å². The molecule has 0 aliphatic carbocycles. The molecule has 0 saturated carbocycles. The van der Waals surface area contributed by atoms with Crippen molar-refractivity contribution in [3.8, 4) is 0 Å². The lowest BCUT2D eigenvalue weighted by molar-refractivity contribution is -0.159. The standard InChI is InChI=1S/C49H83N7O12/c1-32(2)40(42(61)53-35(22-20-30-51-45(50)64)41(60)52-34-26-24-33(31-57)25-27-34)56-38(58)23-19-17-15-13-12-14-16-18-21-36(43(62)67-48(6,7)8)54-46(65)55-37(44(63)68-49(9,10)11)28-29-39(59)66-47(3,4)5/h24-27,32,35-37,40,57H,12-23,28-31H2,1-11H3,(H,52,60)(H,53,61)(H,56,58)(H3,50,51,64)(H2,54,55,65)/t35-,36-,37-,40-/m0/s1. The number of benzene rings is 1. The number of rotatable bonds is 29. The highest BCUT2D eigenvalue weighted by atomic mass is 16.6. The van der Waals surface area contributed by atoms with Crippen LogP contribution in [0.1, 0.15) is 172 Å². The van der Waals surface area contributed by atoms with Crippen molar-refractivity contribution in [1.82, 2.24) is 26.6 Å². The van der Waals surface area contributed by atoms with E-state index in [9.17, 15) is 43.5 Å². The highest BCUT2D eigenvalue weighted by Gasteiger charge is 2.32. The molecular formula is C49H83N7O12. The topological polar surface area (TPSA) is 283 Å². The lowest BCUT2D eigenvalue weighted by Gasteiger charge is -2.27. The number of amides is 7. The predicted molar refractivity (Wildman–Crippen MR) is 259 cm³/mol. The summed E-state index contributed by atoms with van der Waals surface area (Å²) in [5, 5.41) is 25.4. The van der Waals surface area contributed by atoms with Crippen LogP contribution < -0.4 is 37.6 Å². The number of carbonyl (C=O) groups is 8. The lowest BCUT2D eigenvalue weighted by atomic mass is 10.0. The molecule has 0 aromatic heterocycles. The maximum atomic E-state index is 13.5. The van der Waals surface area contributed by atoms with E-state index < -0.39 is 82.8 Å². The summed E-state index contributed by atoms with van der Waals surface area (Å²) in [4.78, 5) is 103. The number of aliphatic hydroxyl groups is 1. The number of primary amides is 1. The molecule has 386 valence electrons. The van der Waals surface area contributed by atoms with E-state index in [1.807, 2.05) is 0 Å². The van der Waals surface area contributed by atoms with Crippen molar-refractivity contribution in [2.75, 3.05) is 11.9 Å². The van der Waals surface area contributed by atoms with Crippen LogP contribution in [0.5, 0.6) is 0 Å². The Morgan fingerprint density at radius 3 is 1.54 bits per heavy atom. The number of carbonyl (C=O) groups excluding carboxylic acids is 8. The second kappa shape index (κ2) is 30.1. The molecule has 0 heterocycles. The second-order valence-corrected chi connectivity index (χ2v) is 20.4. The van der Waals surface area contributed by atoms with E-state index in [-0.39, 0.29) is 50.7 Å². The maximum absolute atomic E-state index is 13.5. The zero-order valence-electron chi connectivity index (χ0n) is 42.5. The monoisotopic (exact) mass is 962 g/mol. The first-order chi connectivity index (χ1) is 31.6. The van der Waals surface area contributed by atoms with Gasteiger partial charge in [-0.25, -0.2) is 19.2 Å². The molecule has 0 fully saturated rings. The average molecular weight is 962 g/mol. The third-order valence-corrected chi connectivity index (χ3v) is 9.97. The normalized spacial score (nSPS) is 13.5. The van der Waals surface area contributed by atoms with Crippen molar-refractivity contribution in [1.29, 1.82) is 0 Å². The molecule has 7 amide bonds. The highest BCUT2D eigenvalue weighted by molar-refractivity contribution is 5.98. The molecule has 1 aromatic rings. The van der Waals surface area contributed by atoms with Crippen LogP contribution in [0.25, 0.3) is 0 Å². The van der Waals surface area contributed by atoms with Gasteiger partial charge in [0.1, 0.15) is 41.0 Å². The Hall–Kier alpha value is -5.46. The van der Waals surface area contributed by atoms with Crippen LogP contribution in [-0.4, -0.2) is 100 Å². The van der Waals surface area contributed by atoms with E-state index >= 15 is 0 Å². The van der Waals surface area contributed by atoms with Crippen molar-refractivity contribution in [2.24, 2.45) is 11.7 Å². The summed E-state index contributed by atoms with van der Waals surface area (Å²) in [6, 6.07) is 1.08. The molecule has 0 unspecified atom stereocenters. The van der Waals surface area contributed by atoms with E-state index in [1.165, 1.54) is 0 Å². The van der Waals surface area contributed by atoms with Gasteiger partial charge in [0.15, 0.2) is 0 Å². The number of anilines is 1. The first-order valence-electron chi connectivity index (χ1n) is 24.0. The third kappa shape index (κ3) is 28.7. The minimum Gasteiger partial charge on any atom is -0.460 e. The number of unbranched alkanes of at least 4 members (excludes halogenated alkanes) is 7. The third-order valence-electron chi connectivity index (χ3n) is 9.97. The van der Waals surface area contributed by atoms with Crippen LogP contribution >= 0.6 is 0 Å². The molecule has 68 heavy (non-hydrogen) atoms. The smallest absolute Gasteiger partial charge is 0.329 e. The number of ether oxygens (including phenoxy) is 3. The molecular weight excluding hydrogens is 879 g/mol. The van der Waals surface area contributed by atoms with Gasteiger partial charge in [0.05, 0.1) is 6.61 Å². The second-order valence-electron chi connectivity index (χ2n) is 20.4. The van der Waals surface area contributed by atoms with Crippen molar-refractivity contribution >= 4 is 53.4 Å². The van der Waals surface area contributed by atoms with Crippen LogP contribution in [0, 0.1) is 5.92 Å². The fraction of sp³-hybridized carbons (Fsp3) is 0.714. The fourth-order valence-corrected chi connectivity index (χ4v) is 6.70. The van der Waals surface area contributed by atoms with Crippen LogP contribution in [0.3, 0.4) is 0 Å². The summed E-state index contributed by atoms with van der Waals surface area (Å²) in [5.41, 5.74) is 3.92. The van der Waals surface area contributed by atoms with Crippen molar-refractivity contribution in [2.45, 2.75) is 214 Å². The summed E-state index contributed by atoms with van der Waals surface area (Å²) in [6.07, 6.45) is 7.25. The van der Waals surface area contributed by atoms with Gasteiger partial charge in [-0.05, 0) is 118 Å². The van der Waals surface area contributed by atoms with E-state index in [0.717, 1.165) is 38.5 Å². The first-order valence-corrected chi connectivity index (χ1v) is 24.0. The molecule has 0 radical (unpaired) electrons. The number of nitrogens with two attached hydrogens (primary N) is 1. The van der Waals surface area contributed by atoms with Gasteiger partial charge in [0.2, 0.25) is 17.7 Å². The van der Waals surface area contributed by atoms with Crippen molar-refractivity contribution in [3.63, 3.8) is 0 Å². The maximum Gasteiger partial charge on any atom is 0.329 e. The molecule has 0 aliphatic rings. The molecule has 9 N–H and O–H groups in total. The van der Waals surface area contributed by atoms with Crippen LogP contribution in [0.2, 0.25) is 0 Å². The SMILES string of the molecule is CC(C)[C@H](NC(=O)CCCCCCCCCC[C@H](NC(=O)N[C@@H](CCC(=O)OC(C)(C)C)C(=O)OC(C)(C)C)C(=O)OC(C)(C)C)C(=O)N[C@@H](CCCNC(N)=O)C(=O)Nc1ccc(CO)cc1. The average Bonchev–Trinajstić information content (AvgIpc) is 3.20. The summed E-state index contributed by atoms with van der Waals surface area (Å²) in [5.74, 6) is -3.42. The molecule has 19 heteroatoms. The van der Waals surface area contributed by atoms with Gasteiger partial charge in [-0.2, -0.15) is 0 Å².